The van der Waals surface area contributed by atoms with Crippen molar-refractivity contribution in [1.29, 1.82) is 0 Å². The van der Waals surface area contributed by atoms with E-state index in [1.807, 2.05) is 6.92 Å². The highest BCUT2D eigenvalue weighted by atomic mass is 35.5. The van der Waals surface area contributed by atoms with Crippen molar-refractivity contribution in [3.63, 3.8) is 0 Å². The summed E-state index contributed by atoms with van der Waals surface area (Å²) in [5.74, 6) is -0.124. The van der Waals surface area contributed by atoms with Gasteiger partial charge in [0.25, 0.3) is 5.91 Å². The zero-order valence-electron chi connectivity index (χ0n) is 15.2. The van der Waals surface area contributed by atoms with E-state index in [-0.39, 0.29) is 36.6 Å². The SMILES string of the molecule is CCCC(C)(N)C(=O)N1CCN(C(=O)COc2ccc(F)cc2)CC1.Cl. The zero-order valence-corrected chi connectivity index (χ0v) is 16.1. The molecule has 6 nitrogen and oxygen atoms in total. The van der Waals surface area contributed by atoms with Crippen LogP contribution in [-0.2, 0) is 9.59 Å². The predicted octanol–water partition coefficient (Wildman–Crippen LogP) is 1.81. The van der Waals surface area contributed by atoms with E-state index in [1.54, 1.807) is 16.7 Å². The fourth-order valence-corrected chi connectivity index (χ4v) is 2.91. The van der Waals surface area contributed by atoms with E-state index in [9.17, 15) is 14.0 Å². The Kier molecular flexibility index (Phi) is 8.30. The molecule has 0 aliphatic carbocycles. The zero-order chi connectivity index (χ0) is 18.4. The highest BCUT2D eigenvalue weighted by molar-refractivity contribution is 5.86. The topological polar surface area (TPSA) is 75.9 Å². The second-order valence-electron chi connectivity index (χ2n) is 6.58. The van der Waals surface area contributed by atoms with Gasteiger partial charge in [0.2, 0.25) is 5.91 Å². The lowest BCUT2D eigenvalue weighted by Crippen LogP contribution is -2.59. The second-order valence-corrected chi connectivity index (χ2v) is 6.58. The van der Waals surface area contributed by atoms with Gasteiger partial charge < -0.3 is 20.3 Å². The molecule has 0 spiro atoms. The molecule has 0 radical (unpaired) electrons. The van der Waals surface area contributed by atoms with Crippen LogP contribution >= 0.6 is 12.4 Å². The van der Waals surface area contributed by atoms with Crippen molar-refractivity contribution in [3.8, 4) is 5.75 Å². The lowest BCUT2D eigenvalue weighted by Gasteiger charge is -2.38. The molecule has 0 aromatic heterocycles. The number of amides is 2. The maximum atomic E-state index is 12.8. The first-order chi connectivity index (χ1) is 11.8. The van der Waals surface area contributed by atoms with E-state index < -0.39 is 5.54 Å². The van der Waals surface area contributed by atoms with Crippen LogP contribution in [0.15, 0.2) is 24.3 Å². The minimum atomic E-state index is -0.855. The van der Waals surface area contributed by atoms with Crippen molar-refractivity contribution in [2.45, 2.75) is 32.2 Å². The summed E-state index contributed by atoms with van der Waals surface area (Å²) >= 11 is 0. The van der Waals surface area contributed by atoms with E-state index in [0.717, 1.165) is 6.42 Å². The molecule has 1 saturated heterocycles. The van der Waals surface area contributed by atoms with Crippen molar-refractivity contribution >= 4 is 24.2 Å². The number of benzene rings is 1. The van der Waals surface area contributed by atoms with Crippen LogP contribution in [-0.4, -0.2) is 59.9 Å². The molecule has 1 aliphatic heterocycles. The average molecular weight is 388 g/mol. The lowest BCUT2D eigenvalue weighted by atomic mass is 9.95. The summed E-state index contributed by atoms with van der Waals surface area (Å²) in [5, 5.41) is 0. The Bertz CT molecular complexity index is 602. The Balaban J connectivity index is 0.00000338. The summed E-state index contributed by atoms with van der Waals surface area (Å²) in [6.07, 6.45) is 1.48. The molecule has 8 heteroatoms. The Morgan fingerprint density at radius 2 is 1.69 bits per heavy atom. The van der Waals surface area contributed by atoms with Gasteiger partial charge in [0, 0.05) is 26.2 Å². The number of carbonyl (C=O) groups is 2. The summed E-state index contributed by atoms with van der Waals surface area (Å²) < 4.78 is 18.2. The number of hydrogen-bond donors (Lipinski definition) is 1. The van der Waals surface area contributed by atoms with Crippen LogP contribution in [0.5, 0.6) is 5.75 Å². The van der Waals surface area contributed by atoms with Crippen LogP contribution in [0, 0.1) is 5.82 Å². The van der Waals surface area contributed by atoms with Crippen molar-refractivity contribution in [2.24, 2.45) is 5.73 Å². The summed E-state index contributed by atoms with van der Waals surface area (Å²) in [6.45, 7) is 5.50. The van der Waals surface area contributed by atoms with Gasteiger partial charge in [0.05, 0.1) is 5.54 Å². The molecule has 1 fully saturated rings. The number of carbonyl (C=O) groups excluding carboxylic acids is 2. The molecule has 1 unspecified atom stereocenters. The van der Waals surface area contributed by atoms with Gasteiger partial charge in [-0.15, -0.1) is 12.4 Å². The molecule has 1 aliphatic rings. The Morgan fingerprint density at radius 3 is 2.23 bits per heavy atom. The summed E-state index contributed by atoms with van der Waals surface area (Å²) in [6, 6.07) is 5.53. The summed E-state index contributed by atoms with van der Waals surface area (Å²) in [5.41, 5.74) is 5.25. The quantitative estimate of drug-likeness (QED) is 0.807. The number of piperazine rings is 1. The average Bonchev–Trinajstić information content (AvgIpc) is 2.60. The smallest absolute Gasteiger partial charge is 0.260 e. The minimum Gasteiger partial charge on any atom is -0.484 e. The molecule has 1 aromatic carbocycles. The van der Waals surface area contributed by atoms with Gasteiger partial charge in [-0.2, -0.15) is 0 Å². The third-order valence-corrected chi connectivity index (χ3v) is 4.35. The Labute approximate surface area is 159 Å². The number of hydrogen-bond acceptors (Lipinski definition) is 4. The van der Waals surface area contributed by atoms with E-state index in [0.29, 0.717) is 38.3 Å². The maximum Gasteiger partial charge on any atom is 0.260 e. The molecule has 0 saturated carbocycles. The normalized spacial score (nSPS) is 16.5. The van der Waals surface area contributed by atoms with Crippen LogP contribution in [0.25, 0.3) is 0 Å². The molecule has 1 atom stereocenters. The highest BCUT2D eigenvalue weighted by Crippen LogP contribution is 2.15. The standard InChI is InChI=1S/C18H26FN3O3.ClH/c1-3-8-18(2,20)17(24)22-11-9-21(10-12-22)16(23)13-25-15-6-4-14(19)5-7-15;/h4-7H,3,8-13,20H2,1-2H3;1H. The van der Waals surface area contributed by atoms with Crippen LogP contribution in [0.2, 0.25) is 0 Å². The Morgan fingerprint density at radius 1 is 1.15 bits per heavy atom. The predicted molar refractivity (Wildman–Crippen MR) is 99.8 cm³/mol. The molecular weight excluding hydrogens is 361 g/mol. The van der Waals surface area contributed by atoms with Crippen molar-refractivity contribution in [3.05, 3.63) is 30.1 Å². The van der Waals surface area contributed by atoms with E-state index in [4.69, 9.17) is 10.5 Å². The second kappa shape index (κ2) is 9.73. The molecule has 26 heavy (non-hydrogen) atoms. The van der Waals surface area contributed by atoms with Crippen LogP contribution in [0.4, 0.5) is 4.39 Å². The van der Waals surface area contributed by atoms with E-state index in [2.05, 4.69) is 0 Å². The van der Waals surface area contributed by atoms with Gasteiger partial charge in [0.15, 0.2) is 6.61 Å². The summed E-state index contributed by atoms with van der Waals surface area (Å²) in [7, 11) is 0. The van der Waals surface area contributed by atoms with Crippen LogP contribution in [0.3, 0.4) is 0 Å². The van der Waals surface area contributed by atoms with Gasteiger partial charge in [0.1, 0.15) is 11.6 Å². The summed E-state index contributed by atoms with van der Waals surface area (Å²) in [4.78, 5) is 28.1. The van der Waals surface area contributed by atoms with Gasteiger partial charge >= 0.3 is 0 Å². The van der Waals surface area contributed by atoms with Crippen molar-refractivity contribution in [1.82, 2.24) is 9.80 Å². The van der Waals surface area contributed by atoms with E-state index >= 15 is 0 Å². The first kappa shape index (κ1) is 22.2. The third-order valence-electron chi connectivity index (χ3n) is 4.35. The number of nitrogens with two attached hydrogens (primary N) is 1. The molecule has 0 bridgehead atoms. The van der Waals surface area contributed by atoms with Crippen molar-refractivity contribution in [2.75, 3.05) is 32.8 Å². The van der Waals surface area contributed by atoms with Crippen LogP contribution in [0.1, 0.15) is 26.7 Å². The first-order valence-electron chi connectivity index (χ1n) is 8.58. The van der Waals surface area contributed by atoms with Gasteiger partial charge in [-0.1, -0.05) is 13.3 Å². The fourth-order valence-electron chi connectivity index (χ4n) is 2.91. The molecular formula is C18H27ClFN3O3. The highest BCUT2D eigenvalue weighted by Gasteiger charge is 2.34. The van der Waals surface area contributed by atoms with Gasteiger partial charge in [-0.3, -0.25) is 9.59 Å². The monoisotopic (exact) mass is 387 g/mol. The van der Waals surface area contributed by atoms with Crippen LogP contribution < -0.4 is 10.5 Å². The largest absolute Gasteiger partial charge is 0.484 e. The van der Waals surface area contributed by atoms with Gasteiger partial charge in [-0.05, 0) is 37.6 Å². The molecule has 1 aromatic rings. The maximum absolute atomic E-state index is 12.8. The third kappa shape index (κ3) is 5.85. The molecule has 2 N–H and O–H groups in total. The Hall–Kier alpha value is -1.86. The minimum absolute atomic E-state index is 0. The number of halogens is 2. The molecule has 146 valence electrons. The number of nitrogens with zero attached hydrogens (tertiary/aromatic N) is 2. The molecule has 2 rings (SSSR count). The lowest BCUT2D eigenvalue weighted by molar-refractivity contribution is -0.143. The van der Waals surface area contributed by atoms with E-state index in [1.165, 1.54) is 24.3 Å². The molecule has 1 heterocycles. The number of rotatable bonds is 6. The van der Waals surface area contributed by atoms with Crippen molar-refractivity contribution < 1.29 is 18.7 Å². The van der Waals surface area contributed by atoms with Gasteiger partial charge in [-0.25, -0.2) is 4.39 Å². The number of ether oxygens (including phenoxy) is 1. The fraction of sp³-hybridized carbons (Fsp3) is 0.556. The molecule has 2 amide bonds. The first-order valence-corrected chi connectivity index (χ1v) is 8.58.